The molecule has 5 heteroatoms. The normalized spacial score (nSPS) is 10.6. The van der Waals surface area contributed by atoms with Crippen LogP contribution >= 0.6 is 6.72 Å². The molecule has 0 aliphatic carbocycles. The molecule has 0 aromatic heterocycles. The lowest BCUT2D eigenvalue weighted by molar-refractivity contribution is 0.282. The number of rotatable bonds is 2. The number of hydrogen-bond donors (Lipinski definition) is 2. The minimum atomic E-state index is -3.49. The first-order chi connectivity index (χ1) is 3.56. The Kier molecular flexibility index (Phi) is 3.22. The molecule has 0 fully saturated rings. The van der Waals surface area contributed by atoms with Crippen molar-refractivity contribution in [2.45, 2.75) is 0 Å². The maximum Gasteiger partial charge on any atom is 0.322 e. The molecule has 0 saturated heterocycles. The average Bonchev–Trinajstić information content (AvgIpc) is 1.59. The highest BCUT2D eigenvalue weighted by Gasteiger charge is 2.04. The molecule has 2 N–H and O–H groups in total. The molecule has 0 aromatic carbocycles. The van der Waals surface area contributed by atoms with Crippen molar-refractivity contribution in [1.82, 2.24) is 0 Å². The first kappa shape index (κ1) is 8.09. The largest absolute Gasteiger partial charge is 0.325 e. The van der Waals surface area contributed by atoms with Gasteiger partial charge in [-0.05, 0) is 11.8 Å². The van der Waals surface area contributed by atoms with E-state index in [1.807, 2.05) is 5.92 Å². The summed E-state index contributed by atoms with van der Waals surface area (Å²) in [7, 11) is 0. The molecule has 0 amide bonds. The first-order valence-corrected chi connectivity index (χ1v) is 4.32. The summed E-state index contributed by atoms with van der Waals surface area (Å²) in [6.45, 7) is -3.64. The van der Waals surface area contributed by atoms with Gasteiger partial charge in [0.15, 0.2) is 0 Å². The molecule has 0 heterocycles. The van der Waals surface area contributed by atoms with Gasteiger partial charge in [0.25, 0.3) is 0 Å². The SMILES string of the molecule is C#CCOP(O)(O)=S. The Balaban J connectivity index is 3.45. The zero-order valence-corrected chi connectivity index (χ0v) is 5.65. The summed E-state index contributed by atoms with van der Waals surface area (Å²) >= 11 is 4.05. The van der Waals surface area contributed by atoms with Crippen molar-refractivity contribution < 1.29 is 14.3 Å². The standard InChI is InChI=1S/C3H5O3PS/c1-2-3-6-7(4,5)8/h1H,3H2,(H2,4,5,8). The second-order valence-corrected chi connectivity index (χ2v) is 3.63. The third-order valence-electron chi connectivity index (χ3n) is 0.316. The van der Waals surface area contributed by atoms with Crippen molar-refractivity contribution in [2.75, 3.05) is 6.61 Å². The van der Waals surface area contributed by atoms with Crippen LogP contribution in [0, 0.1) is 12.3 Å². The van der Waals surface area contributed by atoms with Crippen LogP contribution in [0.25, 0.3) is 0 Å². The fraction of sp³-hybridized carbons (Fsp3) is 0.333. The van der Waals surface area contributed by atoms with Gasteiger partial charge in [0, 0.05) is 0 Å². The van der Waals surface area contributed by atoms with Crippen LogP contribution in [-0.2, 0) is 16.3 Å². The van der Waals surface area contributed by atoms with Gasteiger partial charge in [0.2, 0.25) is 0 Å². The van der Waals surface area contributed by atoms with Gasteiger partial charge in [-0.25, -0.2) is 0 Å². The Morgan fingerprint density at radius 3 is 2.38 bits per heavy atom. The molecular formula is C3H5O3PS. The van der Waals surface area contributed by atoms with Gasteiger partial charge in [0.05, 0.1) is 0 Å². The van der Waals surface area contributed by atoms with E-state index < -0.39 is 6.72 Å². The predicted molar refractivity (Wildman–Crippen MR) is 33.5 cm³/mol. The van der Waals surface area contributed by atoms with E-state index >= 15 is 0 Å². The zero-order valence-electron chi connectivity index (χ0n) is 3.94. The summed E-state index contributed by atoms with van der Waals surface area (Å²) in [5.74, 6) is 2.04. The van der Waals surface area contributed by atoms with Crippen molar-refractivity contribution in [3.05, 3.63) is 0 Å². The maximum atomic E-state index is 8.31. The van der Waals surface area contributed by atoms with Crippen LogP contribution in [0.1, 0.15) is 0 Å². The van der Waals surface area contributed by atoms with E-state index in [9.17, 15) is 0 Å². The second kappa shape index (κ2) is 3.18. The minimum Gasteiger partial charge on any atom is -0.325 e. The maximum absolute atomic E-state index is 8.31. The Bertz CT molecular complexity index is 143. The highest BCUT2D eigenvalue weighted by Crippen LogP contribution is 2.35. The van der Waals surface area contributed by atoms with Crippen LogP contribution in [0.3, 0.4) is 0 Å². The molecule has 0 aliphatic heterocycles. The van der Waals surface area contributed by atoms with Crippen molar-refractivity contribution in [3.63, 3.8) is 0 Å². The summed E-state index contributed by atoms with van der Waals surface area (Å²) in [6, 6.07) is 0. The van der Waals surface area contributed by atoms with E-state index in [0.29, 0.717) is 0 Å². The van der Waals surface area contributed by atoms with Crippen molar-refractivity contribution in [1.29, 1.82) is 0 Å². The third-order valence-corrected chi connectivity index (χ3v) is 1.10. The molecule has 0 aliphatic rings. The molecule has 0 saturated carbocycles. The fourth-order valence-electron chi connectivity index (χ4n) is 0.121. The quantitative estimate of drug-likeness (QED) is 0.426. The molecule has 3 nitrogen and oxygen atoms in total. The molecule has 0 atom stereocenters. The predicted octanol–water partition coefficient (Wildman–Crippen LogP) is -0.155. The lowest BCUT2D eigenvalue weighted by Gasteiger charge is -2.02. The van der Waals surface area contributed by atoms with Crippen molar-refractivity contribution in [2.24, 2.45) is 0 Å². The lowest BCUT2D eigenvalue weighted by atomic mass is 10.8. The second-order valence-electron chi connectivity index (χ2n) is 0.968. The van der Waals surface area contributed by atoms with Gasteiger partial charge in [-0.15, -0.1) is 6.42 Å². The van der Waals surface area contributed by atoms with Gasteiger partial charge in [-0.3, -0.25) is 4.52 Å². The highest BCUT2D eigenvalue weighted by molar-refractivity contribution is 8.06. The van der Waals surface area contributed by atoms with Gasteiger partial charge in [0.1, 0.15) is 6.61 Å². The average molecular weight is 152 g/mol. The van der Waals surface area contributed by atoms with Crippen molar-refractivity contribution in [3.8, 4) is 12.3 Å². The van der Waals surface area contributed by atoms with E-state index in [1.54, 1.807) is 0 Å². The molecule has 0 bridgehead atoms. The van der Waals surface area contributed by atoms with Crippen LogP contribution in [0.5, 0.6) is 0 Å². The molecule has 0 unspecified atom stereocenters. The smallest absolute Gasteiger partial charge is 0.322 e. The van der Waals surface area contributed by atoms with Crippen LogP contribution in [0.15, 0.2) is 0 Å². The van der Waals surface area contributed by atoms with Gasteiger partial charge < -0.3 is 9.79 Å². The van der Waals surface area contributed by atoms with Crippen LogP contribution < -0.4 is 0 Å². The highest BCUT2D eigenvalue weighted by atomic mass is 32.5. The fourth-order valence-corrected chi connectivity index (χ4v) is 0.522. The van der Waals surface area contributed by atoms with E-state index in [2.05, 4.69) is 16.3 Å². The van der Waals surface area contributed by atoms with Gasteiger partial charge in [-0.1, -0.05) is 5.92 Å². The van der Waals surface area contributed by atoms with Gasteiger partial charge in [-0.2, -0.15) is 0 Å². The third kappa shape index (κ3) is 6.09. The topological polar surface area (TPSA) is 49.7 Å². The summed E-state index contributed by atoms with van der Waals surface area (Å²) < 4.78 is 4.18. The Morgan fingerprint density at radius 2 is 2.25 bits per heavy atom. The Labute approximate surface area is 52.6 Å². The van der Waals surface area contributed by atoms with E-state index in [4.69, 9.17) is 16.2 Å². The van der Waals surface area contributed by atoms with Crippen LogP contribution in [0.2, 0.25) is 0 Å². The Morgan fingerprint density at radius 1 is 1.75 bits per heavy atom. The summed E-state index contributed by atoms with van der Waals surface area (Å²) in [5.41, 5.74) is 0. The van der Waals surface area contributed by atoms with E-state index in [0.717, 1.165) is 0 Å². The molecule has 46 valence electrons. The van der Waals surface area contributed by atoms with Crippen molar-refractivity contribution >= 4 is 18.5 Å². The molecular weight excluding hydrogens is 147 g/mol. The molecule has 0 rings (SSSR count). The van der Waals surface area contributed by atoms with Crippen LogP contribution in [0.4, 0.5) is 0 Å². The number of hydrogen-bond acceptors (Lipinski definition) is 2. The lowest BCUT2D eigenvalue weighted by Crippen LogP contribution is -1.86. The summed E-state index contributed by atoms with van der Waals surface area (Å²) in [4.78, 5) is 16.6. The molecule has 0 aromatic rings. The Hall–Kier alpha value is 0.0900. The zero-order chi connectivity index (χ0) is 6.62. The monoisotopic (exact) mass is 152 g/mol. The van der Waals surface area contributed by atoms with E-state index in [-0.39, 0.29) is 6.61 Å². The van der Waals surface area contributed by atoms with Gasteiger partial charge >= 0.3 is 6.72 Å². The number of terminal acetylenes is 1. The summed E-state index contributed by atoms with van der Waals surface area (Å²) in [6.07, 6.45) is 4.71. The molecule has 8 heavy (non-hydrogen) atoms. The van der Waals surface area contributed by atoms with Crippen LogP contribution in [-0.4, -0.2) is 16.4 Å². The molecule has 0 radical (unpaired) electrons. The minimum absolute atomic E-state index is 0.149. The van der Waals surface area contributed by atoms with E-state index in [1.165, 1.54) is 0 Å². The first-order valence-electron chi connectivity index (χ1n) is 1.70. The molecule has 0 spiro atoms. The summed E-state index contributed by atoms with van der Waals surface area (Å²) in [5, 5.41) is 0.